The fraction of sp³-hybridized carbons (Fsp3) is 0.722. The molecule has 0 fully saturated rings. The third kappa shape index (κ3) is 16.9. The number of carboxylic acids is 1. The Labute approximate surface area is 125 Å². The molecule has 0 rings (SSSR count). The van der Waals surface area contributed by atoms with E-state index in [-0.39, 0.29) is 0 Å². The van der Waals surface area contributed by atoms with Crippen LogP contribution in [0.1, 0.15) is 84.0 Å². The van der Waals surface area contributed by atoms with Crippen molar-refractivity contribution in [1.82, 2.24) is 0 Å². The van der Waals surface area contributed by atoms with Crippen molar-refractivity contribution in [3.8, 4) is 0 Å². The monoisotopic (exact) mass is 280 g/mol. The van der Waals surface area contributed by atoms with Crippen molar-refractivity contribution < 1.29 is 9.90 Å². The third-order valence-electron chi connectivity index (χ3n) is 3.31. The summed E-state index contributed by atoms with van der Waals surface area (Å²) in [4.78, 5) is 10.3. The lowest BCUT2D eigenvalue weighted by Crippen LogP contribution is -1.93. The summed E-state index contributed by atoms with van der Waals surface area (Å²) < 4.78 is 0. The minimum Gasteiger partial charge on any atom is -0.481 e. The SMILES string of the molecule is CCCCC/C=C/CCC/C=C/CCCCCC(=O)O. The smallest absolute Gasteiger partial charge is 0.303 e. The molecule has 0 aliphatic heterocycles. The minimum absolute atomic E-state index is 0.314. The number of allylic oxidation sites excluding steroid dienone is 4. The Morgan fingerprint density at radius 3 is 1.75 bits per heavy atom. The van der Waals surface area contributed by atoms with Gasteiger partial charge in [0.1, 0.15) is 0 Å². The second kappa shape index (κ2) is 16.0. The quantitative estimate of drug-likeness (QED) is 0.318. The number of carboxylic acid groups (broad SMARTS) is 1. The standard InChI is InChI=1S/C18H32O2/c1-2-3-4-5-6-7-8-9-10-11-12-13-14-15-16-17-18(19)20/h6-7,11-12H,2-5,8-10,13-17H2,1H3,(H,19,20)/b7-6+,12-11+. The van der Waals surface area contributed by atoms with Crippen molar-refractivity contribution in [2.24, 2.45) is 0 Å². The van der Waals surface area contributed by atoms with Gasteiger partial charge in [-0.3, -0.25) is 4.79 Å². The molecule has 0 saturated carbocycles. The lowest BCUT2D eigenvalue weighted by Gasteiger charge is -1.95. The van der Waals surface area contributed by atoms with Crippen LogP contribution < -0.4 is 0 Å². The first-order valence-electron chi connectivity index (χ1n) is 8.29. The molecule has 0 unspecified atom stereocenters. The van der Waals surface area contributed by atoms with Crippen LogP contribution in [0.25, 0.3) is 0 Å². The molecule has 0 aromatic heterocycles. The van der Waals surface area contributed by atoms with Gasteiger partial charge >= 0.3 is 5.97 Å². The van der Waals surface area contributed by atoms with Crippen molar-refractivity contribution in [2.75, 3.05) is 0 Å². The molecule has 0 amide bonds. The van der Waals surface area contributed by atoms with E-state index in [0.29, 0.717) is 6.42 Å². The topological polar surface area (TPSA) is 37.3 Å². The van der Waals surface area contributed by atoms with Gasteiger partial charge in [-0.1, -0.05) is 50.5 Å². The van der Waals surface area contributed by atoms with Crippen LogP contribution in [-0.4, -0.2) is 11.1 Å². The van der Waals surface area contributed by atoms with E-state index < -0.39 is 5.97 Å². The van der Waals surface area contributed by atoms with Crippen molar-refractivity contribution in [3.63, 3.8) is 0 Å². The molecule has 0 aromatic rings. The molecule has 0 aliphatic rings. The van der Waals surface area contributed by atoms with E-state index in [9.17, 15) is 4.79 Å². The molecule has 0 aromatic carbocycles. The number of carbonyl (C=O) groups is 1. The maximum atomic E-state index is 10.3. The molecule has 116 valence electrons. The van der Waals surface area contributed by atoms with Crippen molar-refractivity contribution in [2.45, 2.75) is 84.0 Å². The van der Waals surface area contributed by atoms with Gasteiger partial charge in [0, 0.05) is 6.42 Å². The van der Waals surface area contributed by atoms with E-state index in [4.69, 9.17) is 5.11 Å². The maximum absolute atomic E-state index is 10.3. The molecule has 0 spiro atoms. The molecule has 1 N–H and O–H groups in total. The van der Waals surface area contributed by atoms with Gasteiger partial charge in [-0.05, 0) is 51.4 Å². The van der Waals surface area contributed by atoms with Gasteiger partial charge in [-0.15, -0.1) is 0 Å². The molecule has 0 bridgehead atoms. The van der Waals surface area contributed by atoms with Crippen molar-refractivity contribution in [1.29, 1.82) is 0 Å². The summed E-state index contributed by atoms with van der Waals surface area (Å²) in [5, 5.41) is 8.50. The van der Waals surface area contributed by atoms with Crippen LogP contribution in [0.2, 0.25) is 0 Å². The summed E-state index contributed by atoms with van der Waals surface area (Å²) in [5.41, 5.74) is 0. The molecular weight excluding hydrogens is 248 g/mol. The zero-order valence-electron chi connectivity index (χ0n) is 13.2. The molecule has 0 radical (unpaired) electrons. The Bertz CT molecular complexity index is 267. The van der Waals surface area contributed by atoms with E-state index in [1.54, 1.807) is 0 Å². The van der Waals surface area contributed by atoms with E-state index in [0.717, 1.165) is 32.1 Å². The van der Waals surface area contributed by atoms with Gasteiger partial charge < -0.3 is 5.11 Å². The number of aliphatic carboxylic acids is 1. The number of unbranched alkanes of at least 4 members (excludes halogenated alkanes) is 8. The first kappa shape index (κ1) is 18.9. The number of hydrogen-bond donors (Lipinski definition) is 1. The van der Waals surface area contributed by atoms with E-state index in [1.807, 2.05) is 0 Å². The average molecular weight is 280 g/mol. The molecule has 20 heavy (non-hydrogen) atoms. The zero-order valence-corrected chi connectivity index (χ0v) is 13.2. The lowest BCUT2D eigenvalue weighted by atomic mass is 10.1. The minimum atomic E-state index is -0.678. The third-order valence-corrected chi connectivity index (χ3v) is 3.31. The van der Waals surface area contributed by atoms with Crippen LogP contribution in [0, 0.1) is 0 Å². The predicted molar refractivity (Wildman–Crippen MR) is 87.0 cm³/mol. The highest BCUT2D eigenvalue weighted by Crippen LogP contribution is 2.06. The predicted octanol–water partition coefficient (Wildman–Crippen LogP) is 5.88. The van der Waals surface area contributed by atoms with Crippen LogP contribution >= 0.6 is 0 Å². The first-order valence-corrected chi connectivity index (χ1v) is 8.29. The van der Waals surface area contributed by atoms with Gasteiger partial charge in [0.25, 0.3) is 0 Å². The highest BCUT2D eigenvalue weighted by atomic mass is 16.4. The molecular formula is C18H32O2. The van der Waals surface area contributed by atoms with Crippen LogP contribution in [-0.2, 0) is 4.79 Å². The molecule has 2 heteroatoms. The van der Waals surface area contributed by atoms with Gasteiger partial charge in [-0.25, -0.2) is 0 Å². The highest BCUT2D eigenvalue weighted by molar-refractivity contribution is 5.66. The molecule has 0 atom stereocenters. The number of rotatable bonds is 14. The second-order valence-electron chi connectivity index (χ2n) is 5.36. The van der Waals surface area contributed by atoms with Crippen LogP contribution in [0.3, 0.4) is 0 Å². The Hall–Kier alpha value is -1.05. The van der Waals surface area contributed by atoms with E-state index >= 15 is 0 Å². The van der Waals surface area contributed by atoms with Crippen LogP contribution in [0.4, 0.5) is 0 Å². The Kier molecular flexibility index (Phi) is 15.2. The summed E-state index contributed by atoms with van der Waals surface area (Å²) in [7, 11) is 0. The van der Waals surface area contributed by atoms with Crippen molar-refractivity contribution >= 4 is 5.97 Å². The fourth-order valence-corrected chi connectivity index (χ4v) is 2.05. The molecule has 0 saturated heterocycles. The first-order chi connectivity index (χ1) is 9.77. The summed E-state index contributed by atoms with van der Waals surface area (Å²) in [6, 6.07) is 0. The highest BCUT2D eigenvalue weighted by Gasteiger charge is 1.94. The Morgan fingerprint density at radius 2 is 1.25 bits per heavy atom. The van der Waals surface area contributed by atoms with Gasteiger partial charge in [0.15, 0.2) is 0 Å². The zero-order chi connectivity index (χ0) is 14.9. The van der Waals surface area contributed by atoms with Gasteiger partial charge in [0.05, 0.1) is 0 Å². The normalized spacial score (nSPS) is 11.7. The van der Waals surface area contributed by atoms with Crippen molar-refractivity contribution in [3.05, 3.63) is 24.3 Å². The second-order valence-corrected chi connectivity index (χ2v) is 5.36. The Morgan fingerprint density at radius 1 is 0.750 bits per heavy atom. The summed E-state index contributed by atoms with van der Waals surface area (Å²) in [6.07, 6.45) is 22.3. The average Bonchev–Trinajstić information content (AvgIpc) is 2.43. The van der Waals surface area contributed by atoms with E-state index in [2.05, 4.69) is 31.2 Å². The number of hydrogen-bond acceptors (Lipinski definition) is 1. The summed E-state index contributed by atoms with van der Waals surface area (Å²) in [5.74, 6) is -0.678. The van der Waals surface area contributed by atoms with Crippen LogP contribution in [0.5, 0.6) is 0 Å². The summed E-state index contributed by atoms with van der Waals surface area (Å²) >= 11 is 0. The largest absolute Gasteiger partial charge is 0.481 e. The van der Waals surface area contributed by atoms with Crippen LogP contribution in [0.15, 0.2) is 24.3 Å². The molecule has 0 heterocycles. The van der Waals surface area contributed by atoms with E-state index in [1.165, 1.54) is 38.5 Å². The fourth-order valence-electron chi connectivity index (χ4n) is 2.05. The van der Waals surface area contributed by atoms with Gasteiger partial charge in [0.2, 0.25) is 0 Å². The molecule has 2 nitrogen and oxygen atoms in total. The lowest BCUT2D eigenvalue weighted by molar-refractivity contribution is -0.137. The summed E-state index contributed by atoms with van der Waals surface area (Å²) in [6.45, 7) is 2.24. The Balaban J connectivity index is 3.17. The van der Waals surface area contributed by atoms with Gasteiger partial charge in [-0.2, -0.15) is 0 Å². The maximum Gasteiger partial charge on any atom is 0.303 e. The molecule has 0 aliphatic carbocycles.